The Morgan fingerprint density at radius 2 is 1.92 bits per heavy atom. The second-order valence-corrected chi connectivity index (χ2v) is 5.57. The van der Waals surface area contributed by atoms with E-state index in [-0.39, 0.29) is 0 Å². The number of aromatic nitrogens is 3. The highest BCUT2D eigenvalue weighted by Gasteiger charge is 2.05. The first-order chi connectivity index (χ1) is 11.7. The molecule has 0 bridgehead atoms. The monoisotopic (exact) mass is 319 g/mol. The molecule has 0 atom stereocenters. The minimum atomic E-state index is 0.607. The van der Waals surface area contributed by atoms with Crippen molar-refractivity contribution >= 4 is 17.5 Å². The van der Waals surface area contributed by atoms with E-state index in [4.69, 9.17) is 0 Å². The smallest absolute Gasteiger partial charge is 0.225 e. The highest BCUT2D eigenvalue weighted by Crippen LogP contribution is 2.21. The Balaban J connectivity index is 1.76. The molecule has 0 saturated carbocycles. The molecule has 0 aliphatic rings. The van der Waals surface area contributed by atoms with E-state index in [9.17, 15) is 0 Å². The van der Waals surface area contributed by atoms with Crippen LogP contribution < -0.4 is 10.6 Å². The summed E-state index contributed by atoms with van der Waals surface area (Å²) in [5.74, 6) is 1.40. The molecular weight excluding hydrogens is 298 g/mol. The first-order valence-corrected chi connectivity index (χ1v) is 8.08. The van der Waals surface area contributed by atoms with Gasteiger partial charge in [0.2, 0.25) is 5.95 Å². The SMILES string of the molecule is CCc1ccccc1Nc1cc(C)nc(NCc2cccnc2)n1. The van der Waals surface area contributed by atoms with Crippen molar-refractivity contribution in [2.45, 2.75) is 26.8 Å². The number of nitrogens with one attached hydrogen (secondary N) is 2. The number of benzene rings is 1. The van der Waals surface area contributed by atoms with E-state index in [0.29, 0.717) is 12.5 Å². The second kappa shape index (κ2) is 7.55. The van der Waals surface area contributed by atoms with Gasteiger partial charge in [-0.1, -0.05) is 31.2 Å². The molecule has 2 N–H and O–H groups in total. The first-order valence-electron chi connectivity index (χ1n) is 8.08. The molecule has 0 amide bonds. The summed E-state index contributed by atoms with van der Waals surface area (Å²) in [6.07, 6.45) is 4.57. The number of nitrogens with zero attached hydrogens (tertiary/aromatic N) is 3. The van der Waals surface area contributed by atoms with Gasteiger partial charge >= 0.3 is 0 Å². The molecule has 0 unspecified atom stereocenters. The largest absolute Gasteiger partial charge is 0.350 e. The molecule has 3 aromatic rings. The lowest BCUT2D eigenvalue weighted by Crippen LogP contribution is -2.07. The van der Waals surface area contributed by atoms with E-state index in [1.54, 1.807) is 6.20 Å². The van der Waals surface area contributed by atoms with Crippen LogP contribution in [0.15, 0.2) is 54.9 Å². The molecule has 122 valence electrons. The molecule has 5 nitrogen and oxygen atoms in total. The van der Waals surface area contributed by atoms with Gasteiger partial charge in [-0.2, -0.15) is 4.98 Å². The topological polar surface area (TPSA) is 62.7 Å². The normalized spacial score (nSPS) is 10.4. The van der Waals surface area contributed by atoms with Gasteiger partial charge in [-0.25, -0.2) is 4.98 Å². The number of pyridine rings is 1. The predicted octanol–water partition coefficient (Wildman–Crippen LogP) is 4.10. The van der Waals surface area contributed by atoms with E-state index in [1.165, 1.54) is 5.56 Å². The standard InChI is InChI=1S/C19H21N5/c1-3-16-8-4-5-9-17(16)23-18-11-14(2)22-19(24-18)21-13-15-7-6-10-20-12-15/h4-12H,3,13H2,1-2H3,(H2,21,22,23,24). The van der Waals surface area contributed by atoms with Crippen molar-refractivity contribution in [1.29, 1.82) is 0 Å². The van der Waals surface area contributed by atoms with Gasteiger partial charge in [0.25, 0.3) is 0 Å². The van der Waals surface area contributed by atoms with Crippen LogP contribution >= 0.6 is 0 Å². The maximum absolute atomic E-state index is 4.57. The first kappa shape index (κ1) is 15.9. The van der Waals surface area contributed by atoms with E-state index >= 15 is 0 Å². The highest BCUT2D eigenvalue weighted by atomic mass is 15.1. The second-order valence-electron chi connectivity index (χ2n) is 5.57. The molecule has 0 spiro atoms. The number of anilines is 3. The van der Waals surface area contributed by atoms with E-state index in [1.807, 2.05) is 37.4 Å². The Labute approximate surface area is 142 Å². The van der Waals surface area contributed by atoms with Crippen LogP contribution in [0.3, 0.4) is 0 Å². The van der Waals surface area contributed by atoms with Gasteiger partial charge in [0.05, 0.1) is 0 Å². The Hall–Kier alpha value is -2.95. The molecule has 5 heteroatoms. The summed E-state index contributed by atoms with van der Waals surface area (Å²) in [5, 5.41) is 6.65. The average molecular weight is 319 g/mol. The van der Waals surface area contributed by atoms with Gasteiger partial charge in [-0.15, -0.1) is 0 Å². The molecule has 1 aromatic carbocycles. The van der Waals surface area contributed by atoms with Gasteiger partial charge in [0.1, 0.15) is 5.82 Å². The van der Waals surface area contributed by atoms with Crippen molar-refractivity contribution in [1.82, 2.24) is 15.0 Å². The summed E-state index contributed by atoms with van der Waals surface area (Å²) in [7, 11) is 0. The minimum Gasteiger partial charge on any atom is -0.350 e. The molecule has 24 heavy (non-hydrogen) atoms. The molecule has 0 aliphatic heterocycles. The lowest BCUT2D eigenvalue weighted by atomic mass is 10.1. The maximum atomic E-state index is 4.57. The van der Waals surface area contributed by atoms with Crippen molar-refractivity contribution in [3.63, 3.8) is 0 Å². The Bertz CT molecular complexity index is 802. The molecule has 0 aliphatic carbocycles. The van der Waals surface area contributed by atoms with Crippen LogP contribution in [0.2, 0.25) is 0 Å². The number of hydrogen-bond donors (Lipinski definition) is 2. The van der Waals surface area contributed by atoms with Crippen LogP contribution in [0, 0.1) is 6.92 Å². The summed E-state index contributed by atoms with van der Waals surface area (Å²) in [5.41, 5.74) is 4.35. The van der Waals surface area contributed by atoms with Crippen molar-refractivity contribution in [2.75, 3.05) is 10.6 Å². The van der Waals surface area contributed by atoms with Crippen LogP contribution in [-0.2, 0) is 13.0 Å². The van der Waals surface area contributed by atoms with Gasteiger partial charge in [-0.3, -0.25) is 4.98 Å². The Morgan fingerprint density at radius 3 is 2.71 bits per heavy atom. The van der Waals surface area contributed by atoms with Crippen molar-refractivity contribution < 1.29 is 0 Å². The van der Waals surface area contributed by atoms with Crippen LogP contribution in [-0.4, -0.2) is 15.0 Å². The summed E-state index contributed by atoms with van der Waals surface area (Å²) in [6, 6.07) is 14.2. The average Bonchev–Trinajstić information content (AvgIpc) is 2.61. The van der Waals surface area contributed by atoms with E-state index in [2.05, 4.69) is 50.7 Å². The third-order valence-corrected chi connectivity index (χ3v) is 3.69. The number of rotatable bonds is 6. The van der Waals surface area contributed by atoms with Crippen LogP contribution in [0.5, 0.6) is 0 Å². The molecule has 2 aromatic heterocycles. The Morgan fingerprint density at radius 1 is 1.04 bits per heavy atom. The van der Waals surface area contributed by atoms with Gasteiger partial charge in [-0.05, 0) is 36.6 Å². The van der Waals surface area contributed by atoms with Crippen molar-refractivity contribution in [2.24, 2.45) is 0 Å². The summed E-state index contributed by atoms with van der Waals surface area (Å²) in [6.45, 7) is 4.75. The van der Waals surface area contributed by atoms with Crippen LogP contribution in [0.1, 0.15) is 23.7 Å². The fourth-order valence-electron chi connectivity index (χ4n) is 2.48. The predicted molar refractivity (Wildman–Crippen MR) is 97.4 cm³/mol. The fourth-order valence-corrected chi connectivity index (χ4v) is 2.48. The summed E-state index contributed by atoms with van der Waals surface area (Å²) < 4.78 is 0. The van der Waals surface area contributed by atoms with Crippen LogP contribution in [0.25, 0.3) is 0 Å². The molecule has 0 radical (unpaired) electrons. The zero-order chi connectivity index (χ0) is 16.8. The quantitative estimate of drug-likeness (QED) is 0.716. The van der Waals surface area contributed by atoms with Crippen molar-refractivity contribution in [3.8, 4) is 0 Å². The van der Waals surface area contributed by atoms with Gasteiger partial charge in [0, 0.05) is 36.4 Å². The fraction of sp³-hybridized carbons (Fsp3) is 0.211. The third-order valence-electron chi connectivity index (χ3n) is 3.69. The summed E-state index contributed by atoms with van der Waals surface area (Å²) in [4.78, 5) is 13.1. The van der Waals surface area contributed by atoms with Crippen LogP contribution in [0.4, 0.5) is 17.5 Å². The maximum Gasteiger partial charge on any atom is 0.225 e. The molecule has 0 fully saturated rings. The zero-order valence-electron chi connectivity index (χ0n) is 14.0. The lowest BCUT2D eigenvalue weighted by Gasteiger charge is -2.12. The highest BCUT2D eigenvalue weighted by molar-refractivity contribution is 5.61. The molecule has 2 heterocycles. The number of para-hydroxylation sites is 1. The third kappa shape index (κ3) is 4.07. The van der Waals surface area contributed by atoms with Crippen molar-refractivity contribution in [3.05, 3.63) is 71.7 Å². The number of aryl methyl sites for hydroxylation is 2. The van der Waals surface area contributed by atoms with Gasteiger partial charge in [0.15, 0.2) is 0 Å². The zero-order valence-corrected chi connectivity index (χ0v) is 14.0. The van der Waals surface area contributed by atoms with Gasteiger partial charge < -0.3 is 10.6 Å². The number of hydrogen-bond acceptors (Lipinski definition) is 5. The summed E-state index contributed by atoms with van der Waals surface area (Å²) >= 11 is 0. The molecular formula is C19H21N5. The van der Waals surface area contributed by atoms with E-state index in [0.717, 1.165) is 29.2 Å². The Kier molecular flexibility index (Phi) is 5.01. The minimum absolute atomic E-state index is 0.607. The molecule has 0 saturated heterocycles. The lowest BCUT2D eigenvalue weighted by molar-refractivity contribution is 1.02. The molecule has 3 rings (SSSR count). The van der Waals surface area contributed by atoms with E-state index < -0.39 is 0 Å².